The molecule has 16 heavy (non-hydrogen) atoms. The van der Waals surface area contributed by atoms with Gasteiger partial charge in [0.2, 0.25) is 0 Å². The molecule has 0 aliphatic heterocycles. The fraction of sp³-hybridized carbons (Fsp3) is 0.455. The van der Waals surface area contributed by atoms with E-state index in [1.807, 2.05) is 13.8 Å². The third-order valence-electron chi connectivity index (χ3n) is 2.32. The summed E-state index contributed by atoms with van der Waals surface area (Å²) in [6, 6.07) is 5.92. The van der Waals surface area contributed by atoms with Gasteiger partial charge in [0, 0.05) is 5.02 Å². The largest absolute Gasteiger partial charge is 0.297 e. The molecule has 0 saturated heterocycles. The van der Waals surface area contributed by atoms with Crippen molar-refractivity contribution in [2.45, 2.75) is 31.8 Å². The van der Waals surface area contributed by atoms with Gasteiger partial charge in [0.1, 0.15) is 0 Å². The van der Waals surface area contributed by atoms with Gasteiger partial charge < -0.3 is 0 Å². The van der Waals surface area contributed by atoms with Gasteiger partial charge in [-0.1, -0.05) is 25.4 Å². The molecular formula is C11H15ClO3S. The Morgan fingerprint density at radius 3 is 2.06 bits per heavy atom. The van der Waals surface area contributed by atoms with Crippen LogP contribution >= 0.6 is 11.6 Å². The van der Waals surface area contributed by atoms with E-state index in [0.717, 1.165) is 0 Å². The second-order valence-corrected chi connectivity index (χ2v) is 5.96. The molecule has 1 aromatic carbocycles. The van der Waals surface area contributed by atoms with Gasteiger partial charge in [0.05, 0.1) is 11.0 Å². The first-order valence-corrected chi connectivity index (χ1v) is 6.80. The number of benzene rings is 1. The zero-order chi connectivity index (χ0) is 12.3. The molecular weight excluding hydrogens is 248 g/mol. The Kier molecular flexibility index (Phi) is 4.35. The molecule has 5 heteroatoms. The highest BCUT2D eigenvalue weighted by molar-refractivity contribution is 7.86. The van der Waals surface area contributed by atoms with Crippen LogP contribution in [0, 0.1) is 5.92 Å². The molecule has 1 rings (SSSR count). The Morgan fingerprint density at radius 1 is 1.12 bits per heavy atom. The fourth-order valence-electron chi connectivity index (χ4n) is 0.968. The maximum absolute atomic E-state index is 11.8. The Bertz CT molecular complexity index is 437. The number of hydrogen-bond acceptors (Lipinski definition) is 3. The molecule has 0 aromatic heterocycles. The second-order valence-electron chi connectivity index (χ2n) is 3.95. The zero-order valence-electron chi connectivity index (χ0n) is 9.48. The highest BCUT2D eigenvalue weighted by atomic mass is 35.5. The Labute approximate surface area is 102 Å². The summed E-state index contributed by atoms with van der Waals surface area (Å²) < 4.78 is 28.6. The van der Waals surface area contributed by atoms with Crippen LogP contribution in [0.2, 0.25) is 5.02 Å². The third kappa shape index (κ3) is 3.47. The van der Waals surface area contributed by atoms with Crippen LogP contribution in [0.1, 0.15) is 20.8 Å². The minimum atomic E-state index is -3.68. The molecule has 0 radical (unpaired) electrons. The predicted molar refractivity (Wildman–Crippen MR) is 64.0 cm³/mol. The van der Waals surface area contributed by atoms with E-state index < -0.39 is 10.1 Å². The minimum absolute atomic E-state index is 0.129. The lowest BCUT2D eigenvalue weighted by Gasteiger charge is -2.16. The highest BCUT2D eigenvalue weighted by Gasteiger charge is 2.20. The smallest absolute Gasteiger partial charge is 0.263 e. The van der Waals surface area contributed by atoms with Gasteiger partial charge in [-0.3, -0.25) is 4.18 Å². The first kappa shape index (κ1) is 13.5. The van der Waals surface area contributed by atoms with Crippen molar-refractivity contribution in [2.24, 2.45) is 5.92 Å². The molecule has 1 aromatic rings. The van der Waals surface area contributed by atoms with Gasteiger partial charge in [0.15, 0.2) is 0 Å². The second kappa shape index (κ2) is 5.17. The Balaban J connectivity index is 2.90. The maximum Gasteiger partial charge on any atom is 0.297 e. The molecule has 0 N–H and O–H groups in total. The molecule has 0 bridgehead atoms. The van der Waals surface area contributed by atoms with E-state index in [0.29, 0.717) is 5.02 Å². The van der Waals surface area contributed by atoms with Crippen molar-refractivity contribution in [3.8, 4) is 0 Å². The molecule has 0 fully saturated rings. The van der Waals surface area contributed by atoms with Crippen molar-refractivity contribution in [3.05, 3.63) is 29.3 Å². The summed E-state index contributed by atoms with van der Waals surface area (Å²) in [5, 5.41) is 0.496. The van der Waals surface area contributed by atoms with Gasteiger partial charge in [-0.05, 0) is 37.1 Å². The SMILES string of the molecule is CC(C)C(C)OS(=O)(=O)c1ccc(Cl)cc1. The highest BCUT2D eigenvalue weighted by Crippen LogP contribution is 2.19. The topological polar surface area (TPSA) is 43.4 Å². The quantitative estimate of drug-likeness (QED) is 0.783. The van der Waals surface area contributed by atoms with E-state index >= 15 is 0 Å². The molecule has 0 aliphatic rings. The van der Waals surface area contributed by atoms with Crippen LogP contribution in [0.15, 0.2) is 29.2 Å². The van der Waals surface area contributed by atoms with Crippen LogP contribution in [0.5, 0.6) is 0 Å². The molecule has 0 heterocycles. The molecule has 90 valence electrons. The molecule has 0 aliphatic carbocycles. The van der Waals surface area contributed by atoms with E-state index in [2.05, 4.69) is 0 Å². The summed E-state index contributed by atoms with van der Waals surface area (Å²) in [5.74, 6) is 0.141. The van der Waals surface area contributed by atoms with Gasteiger partial charge in [-0.2, -0.15) is 8.42 Å². The normalized spacial score (nSPS) is 14.1. The molecule has 0 saturated carbocycles. The number of rotatable bonds is 4. The summed E-state index contributed by atoms with van der Waals surface area (Å²) in [6.07, 6.45) is -0.347. The molecule has 1 unspecified atom stereocenters. The summed E-state index contributed by atoms with van der Waals surface area (Å²) in [5.41, 5.74) is 0. The summed E-state index contributed by atoms with van der Waals surface area (Å²) in [4.78, 5) is 0.129. The fourth-order valence-corrected chi connectivity index (χ4v) is 2.30. The van der Waals surface area contributed by atoms with E-state index in [-0.39, 0.29) is 16.9 Å². The van der Waals surface area contributed by atoms with Crippen molar-refractivity contribution in [1.29, 1.82) is 0 Å². The van der Waals surface area contributed by atoms with Crippen molar-refractivity contribution >= 4 is 21.7 Å². The van der Waals surface area contributed by atoms with Crippen molar-refractivity contribution in [3.63, 3.8) is 0 Å². The lowest BCUT2D eigenvalue weighted by atomic mass is 10.1. The van der Waals surface area contributed by atoms with E-state index in [4.69, 9.17) is 15.8 Å². The van der Waals surface area contributed by atoms with Crippen molar-refractivity contribution in [2.75, 3.05) is 0 Å². The van der Waals surface area contributed by atoms with E-state index in [1.54, 1.807) is 6.92 Å². The average molecular weight is 263 g/mol. The minimum Gasteiger partial charge on any atom is -0.263 e. The van der Waals surface area contributed by atoms with Crippen LogP contribution in [-0.4, -0.2) is 14.5 Å². The van der Waals surface area contributed by atoms with Gasteiger partial charge in [-0.25, -0.2) is 0 Å². The summed E-state index contributed by atoms with van der Waals surface area (Å²) in [6.45, 7) is 5.54. The lowest BCUT2D eigenvalue weighted by Crippen LogP contribution is -2.20. The Morgan fingerprint density at radius 2 is 1.62 bits per heavy atom. The van der Waals surface area contributed by atoms with Crippen molar-refractivity contribution < 1.29 is 12.6 Å². The lowest BCUT2D eigenvalue weighted by molar-refractivity contribution is 0.178. The number of halogens is 1. The number of hydrogen-bond donors (Lipinski definition) is 0. The summed E-state index contributed by atoms with van der Waals surface area (Å²) >= 11 is 5.68. The van der Waals surface area contributed by atoms with Gasteiger partial charge >= 0.3 is 0 Å². The molecule has 0 amide bonds. The monoisotopic (exact) mass is 262 g/mol. The van der Waals surface area contributed by atoms with Crippen LogP contribution in [-0.2, 0) is 14.3 Å². The van der Waals surface area contributed by atoms with E-state index in [1.165, 1.54) is 24.3 Å². The first-order chi connectivity index (χ1) is 7.33. The molecule has 3 nitrogen and oxygen atoms in total. The molecule has 1 atom stereocenters. The first-order valence-electron chi connectivity index (χ1n) is 5.02. The van der Waals surface area contributed by atoms with Crippen molar-refractivity contribution in [1.82, 2.24) is 0 Å². The zero-order valence-corrected chi connectivity index (χ0v) is 11.0. The standard InChI is InChI=1S/C11H15ClO3S/c1-8(2)9(3)15-16(13,14)11-6-4-10(12)5-7-11/h4-9H,1-3H3. The third-order valence-corrected chi connectivity index (χ3v) is 3.98. The Hall–Kier alpha value is -0.580. The predicted octanol–water partition coefficient (Wildman–Crippen LogP) is 3.09. The molecule has 0 spiro atoms. The maximum atomic E-state index is 11.8. The van der Waals surface area contributed by atoms with Gasteiger partial charge in [-0.15, -0.1) is 0 Å². The van der Waals surface area contributed by atoms with Crippen LogP contribution in [0.3, 0.4) is 0 Å². The van der Waals surface area contributed by atoms with E-state index in [9.17, 15) is 8.42 Å². The van der Waals surface area contributed by atoms with Crippen LogP contribution in [0.4, 0.5) is 0 Å². The van der Waals surface area contributed by atoms with Crippen LogP contribution in [0.25, 0.3) is 0 Å². The summed E-state index contributed by atoms with van der Waals surface area (Å²) in [7, 11) is -3.68. The van der Waals surface area contributed by atoms with Gasteiger partial charge in [0.25, 0.3) is 10.1 Å². The average Bonchev–Trinajstić information content (AvgIpc) is 2.17. The van der Waals surface area contributed by atoms with Crippen LogP contribution < -0.4 is 0 Å².